The zero-order chi connectivity index (χ0) is 13.9. The topological polar surface area (TPSA) is 81.8 Å². The van der Waals surface area contributed by atoms with Crippen LogP contribution in [0.4, 0.5) is 4.39 Å². The molecule has 0 saturated heterocycles. The fourth-order valence-corrected chi connectivity index (χ4v) is 2.15. The third-order valence-corrected chi connectivity index (χ3v) is 2.95. The maximum absolute atomic E-state index is 14.0. The van der Waals surface area contributed by atoms with Crippen LogP contribution in [0.1, 0.15) is 18.0 Å². The number of carboxylic acids is 1. The first-order valence-corrected chi connectivity index (χ1v) is 5.78. The number of aliphatic carboxylic acids is 1. The van der Waals surface area contributed by atoms with E-state index < -0.39 is 17.8 Å². The first-order valence-electron chi connectivity index (χ1n) is 4.99. The Hall–Kier alpha value is -1.34. The van der Waals surface area contributed by atoms with E-state index in [1.165, 1.54) is 20.3 Å². The molecule has 1 aromatic carbocycles. The molecule has 1 rings (SSSR count). The van der Waals surface area contributed by atoms with Crippen molar-refractivity contribution in [3.63, 3.8) is 0 Å². The van der Waals surface area contributed by atoms with E-state index in [1.54, 1.807) is 0 Å². The predicted octanol–water partition coefficient (Wildman–Crippen LogP) is 2.08. The molecule has 0 fully saturated rings. The Kier molecular flexibility index (Phi) is 4.92. The molecule has 0 saturated carbocycles. The number of rotatable bonds is 5. The standard InChI is InChI=1S/C11H13BrFNO4/c1-17-10-5(7(14)4-8(15)16)3-6(12)11(18-2)9(10)13/h3,7H,4,14H2,1-2H3,(H,15,16). The summed E-state index contributed by atoms with van der Waals surface area (Å²) in [5.41, 5.74) is 5.98. The first kappa shape index (κ1) is 14.7. The van der Waals surface area contributed by atoms with Crippen LogP contribution >= 0.6 is 15.9 Å². The van der Waals surface area contributed by atoms with Gasteiger partial charge in [0.15, 0.2) is 11.5 Å². The number of ether oxygens (including phenoxy) is 2. The molecule has 0 aromatic heterocycles. The van der Waals surface area contributed by atoms with Gasteiger partial charge in [-0.3, -0.25) is 4.79 Å². The fourth-order valence-electron chi connectivity index (χ4n) is 1.57. The number of hydrogen-bond acceptors (Lipinski definition) is 4. The molecule has 0 amide bonds. The summed E-state index contributed by atoms with van der Waals surface area (Å²) in [6.07, 6.45) is -0.325. The molecule has 0 bridgehead atoms. The third-order valence-electron chi connectivity index (χ3n) is 2.36. The zero-order valence-corrected chi connectivity index (χ0v) is 11.5. The molecule has 3 N–H and O–H groups in total. The number of hydrogen-bond donors (Lipinski definition) is 2. The van der Waals surface area contributed by atoms with Crippen LogP contribution in [0.3, 0.4) is 0 Å². The molecule has 5 nitrogen and oxygen atoms in total. The van der Waals surface area contributed by atoms with E-state index in [0.717, 1.165) is 0 Å². The van der Waals surface area contributed by atoms with Crippen LogP contribution < -0.4 is 15.2 Å². The summed E-state index contributed by atoms with van der Waals surface area (Å²) in [7, 11) is 2.60. The largest absolute Gasteiger partial charge is 0.493 e. The molecule has 0 aliphatic rings. The summed E-state index contributed by atoms with van der Waals surface area (Å²) >= 11 is 3.13. The minimum absolute atomic E-state index is 0.0156. The van der Waals surface area contributed by atoms with E-state index in [1.807, 2.05) is 0 Å². The van der Waals surface area contributed by atoms with Gasteiger partial charge in [0.1, 0.15) is 0 Å². The molecule has 0 spiro atoms. The quantitative estimate of drug-likeness (QED) is 0.867. The molecule has 0 aliphatic heterocycles. The maximum atomic E-state index is 14.0. The second-order valence-electron chi connectivity index (χ2n) is 3.53. The highest BCUT2D eigenvalue weighted by Crippen LogP contribution is 2.39. The lowest BCUT2D eigenvalue weighted by Crippen LogP contribution is -2.16. The lowest BCUT2D eigenvalue weighted by Gasteiger charge is -2.17. The molecular formula is C11H13BrFNO4. The Morgan fingerprint density at radius 3 is 2.50 bits per heavy atom. The molecule has 0 radical (unpaired) electrons. The molecule has 0 aliphatic carbocycles. The lowest BCUT2D eigenvalue weighted by atomic mass is 10.0. The summed E-state index contributed by atoms with van der Waals surface area (Å²) in [6.45, 7) is 0. The second kappa shape index (κ2) is 6.01. The first-order chi connectivity index (χ1) is 8.42. The number of halogens is 2. The van der Waals surface area contributed by atoms with Crippen LogP contribution in [-0.4, -0.2) is 25.3 Å². The van der Waals surface area contributed by atoms with Crippen LogP contribution in [0, 0.1) is 5.82 Å². The molecule has 1 unspecified atom stereocenters. The number of benzene rings is 1. The highest BCUT2D eigenvalue weighted by molar-refractivity contribution is 9.10. The van der Waals surface area contributed by atoms with Crippen molar-refractivity contribution >= 4 is 21.9 Å². The Balaban J connectivity index is 3.31. The highest BCUT2D eigenvalue weighted by atomic mass is 79.9. The smallest absolute Gasteiger partial charge is 0.305 e. The van der Waals surface area contributed by atoms with E-state index in [4.69, 9.17) is 20.3 Å². The highest BCUT2D eigenvalue weighted by Gasteiger charge is 2.23. The Bertz CT molecular complexity index is 467. The van der Waals surface area contributed by atoms with Crippen LogP contribution in [0.25, 0.3) is 0 Å². The summed E-state index contributed by atoms with van der Waals surface area (Å²) in [6, 6.07) is 0.628. The van der Waals surface area contributed by atoms with Crippen molar-refractivity contribution in [2.45, 2.75) is 12.5 Å². The predicted molar refractivity (Wildman–Crippen MR) is 66.4 cm³/mol. The number of carbonyl (C=O) groups is 1. The molecule has 18 heavy (non-hydrogen) atoms. The molecule has 0 heterocycles. The Morgan fingerprint density at radius 1 is 1.50 bits per heavy atom. The average Bonchev–Trinajstić information content (AvgIpc) is 2.28. The van der Waals surface area contributed by atoms with Gasteiger partial charge in [-0.1, -0.05) is 0 Å². The van der Waals surface area contributed by atoms with Crippen molar-refractivity contribution in [3.8, 4) is 11.5 Å². The summed E-state index contributed by atoms with van der Waals surface area (Å²) < 4.78 is 24.2. The van der Waals surface area contributed by atoms with Gasteiger partial charge in [-0.15, -0.1) is 0 Å². The van der Waals surface area contributed by atoms with E-state index in [2.05, 4.69) is 15.9 Å². The van der Waals surface area contributed by atoms with Crippen LogP contribution in [0.2, 0.25) is 0 Å². The maximum Gasteiger partial charge on any atom is 0.305 e. The summed E-state index contributed by atoms with van der Waals surface area (Å²) in [5.74, 6) is -1.91. The molecule has 1 atom stereocenters. The van der Waals surface area contributed by atoms with E-state index >= 15 is 0 Å². The van der Waals surface area contributed by atoms with E-state index in [0.29, 0.717) is 4.47 Å². The minimum Gasteiger partial charge on any atom is -0.493 e. The second-order valence-corrected chi connectivity index (χ2v) is 4.39. The van der Waals surface area contributed by atoms with Crippen molar-refractivity contribution in [2.24, 2.45) is 5.73 Å². The van der Waals surface area contributed by atoms with Gasteiger partial charge in [-0.25, -0.2) is 0 Å². The Morgan fingerprint density at radius 2 is 2.06 bits per heavy atom. The van der Waals surface area contributed by atoms with Crippen molar-refractivity contribution < 1.29 is 23.8 Å². The van der Waals surface area contributed by atoms with Crippen LogP contribution in [0.5, 0.6) is 11.5 Å². The van der Waals surface area contributed by atoms with Gasteiger partial charge in [0.2, 0.25) is 5.82 Å². The molecule has 100 valence electrons. The van der Waals surface area contributed by atoms with Crippen molar-refractivity contribution in [1.29, 1.82) is 0 Å². The summed E-state index contributed by atoms with van der Waals surface area (Å²) in [4.78, 5) is 10.6. The minimum atomic E-state index is -1.07. The number of carboxylic acid groups (broad SMARTS) is 1. The fraction of sp³-hybridized carbons (Fsp3) is 0.364. The molecule has 1 aromatic rings. The lowest BCUT2D eigenvalue weighted by molar-refractivity contribution is -0.137. The van der Waals surface area contributed by atoms with Gasteiger partial charge in [0, 0.05) is 11.6 Å². The van der Waals surface area contributed by atoms with Gasteiger partial charge in [0.05, 0.1) is 25.1 Å². The Labute approximate surface area is 112 Å². The van der Waals surface area contributed by atoms with Crippen molar-refractivity contribution in [2.75, 3.05) is 14.2 Å². The monoisotopic (exact) mass is 321 g/mol. The van der Waals surface area contributed by atoms with E-state index in [-0.39, 0.29) is 23.5 Å². The number of methoxy groups -OCH3 is 2. The van der Waals surface area contributed by atoms with Crippen LogP contribution in [-0.2, 0) is 4.79 Å². The molecular weight excluding hydrogens is 309 g/mol. The van der Waals surface area contributed by atoms with Gasteiger partial charge in [-0.05, 0) is 22.0 Å². The van der Waals surface area contributed by atoms with Gasteiger partial charge >= 0.3 is 5.97 Å². The zero-order valence-electron chi connectivity index (χ0n) is 9.87. The summed E-state index contributed by atoms with van der Waals surface area (Å²) in [5, 5.41) is 8.70. The van der Waals surface area contributed by atoms with Gasteiger partial charge < -0.3 is 20.3 Å². The van der Waals surface area contributed by atoms with Crippen LogP contribution in [0.15, 0.2) is 10.5 Å². The van der Waals surface area contributed by atoms with Gasteiger partial charge in [0.25, 0.3) is 0 Å². The van der Waals surface area contributed by atoms with Crippen molar-refractivity contribution in [3.05, 3.63) is 21.9 Å². The third kappa shape index (κ3) is 2.91. The number of nitrogens with two attached hydrogens (primary N) is 1. The SMILES string of the molecule is COc1c(Br)cc(C(N)CC(=O)O)c(OC)c1F. The molecule has 7 heteroatoms. The van der Waals surface area contributed by atoms with E-state index in [9.17, 15) is 9.18 Å². The van der Waals surface area contributed by atoms with Crippen molar-refractivity contribution in [1.82, 2.24) is 0 Å². The normalized spacial score (nSPS) is 12.1. The average molecular weight is 322 g/mol. The van der Waals surface area contributed by atoms with Gasteiger partial charge in [-0.2, -0.15) is 4.39 Å².